The van der Waals surface area contributed by atoms with Crippen molar-refractivity contribution in [3.8, 4) is 11.4 Å². The lowest BCUT2D eigenvalue weighted by Crippen LogP contribution is -2.02. The summed E-state index contributed by atoms with van der Waals surface area (Å²) in [5.74, 6) is 1.43. The minimum absolute atomic E-state index is 0.536. The highest BCUT2D eigenvalue weighted by atomic mass is 15.1. The maximum Gasteiger partial charge on any atom is 0.143 e. The molecule has 2 aromatic heterocycles. The van der Waals surface area contributed by atoms with E-state index in [9.17, 15) is 0 Å². The first kappa shape index (κ1) is 10.7. The average molecular weight is 216 g/mol. The van der Waals surface area contributed by atoms with Crippen LogP contribution in [-0.2, 0) is 6.54 Å². The van der Waals surface area contributed by atoms with Gasteiger partial charge in [-0.05, 0) is 25.0 Å². The maximum atomic E-state index is 5.88. The van der Waals surface area contributed by atoms with Crippen molar-refractivity contribution < 1.29 is 0 Å². The first-order valence-electron chi connectivity index (χ1n) is 5.46. The highest BCUT2D eigenvalue weighted by Gasteiger charge is 2.09. The van der Waals surface area contributed by atoms with Crippen LogP contribution in [0.1, 0.15) is 18.9 Å². The molecule has 4 nitrogen and oxygen atoms in total. The summed E-state index contributed by atoms with van der Waals surface area (Å²) in [4.78, 5) is 8.51. The monoisotopic (exact) mass is 216 g/mol. The molecule has 0 saturated carbocycles. The van der Waals surface area contributed by atoms with Gasteiger partial charge < -0.3 is 10.3 Å². The average Bonchev–Trinajstić information content (AvgIpc) is 2.70. The predicted molar refractivity (Wildman–Crippen MR) is 64.9 cm³/mol. The van der Waals surface area contributed by atoms with E-state index in [2.05, 4.69) is 21.5 Å². The zero-order valence-corrected chi connectivity index (χ0v) is 9.64. The minimum Gasteiger partial charge on any atom is -0.383 e. The number of aryl methyl sites for hydroxylation is 2. The van der Waals surface area contributed by atoms with E-state index in [-0.39, 0.29) is 0 Å². The highest BCUT2D eigenvalue weighted by Crippen LogP contribution is 2.23. The van der Waals surface area contributed by atoms with Crippen LogP contribution in [0, 0.1) is 6.92 Å². The summed E-state index contributed by atoms with van der Waals surface area (Å²) in [6, 6.07) is 2.02. The number of hydrogen-bond donors (Lipinski definition) is 1. The van der Waals surface area contributed by atoms with E-state index >= 15 is 0 Å². The van der Waals surface area contributed by atoms with Gasteiger partial charge in [0.15, 0.2) is 0 Å². The van der Waals surface area contributed by atoms with Crippen LogP contribution in [-0.4, -0.2) is 14.5 Å². The minimum atomic E-state index is 0.536. The Morgan fingerprint density at radius 1 is 1.38 bits per heavy atom. The SMILES string of the molecule is CCCn1ccnc1-c1cc(C)cnc1N. The van der Waals surface area contributed by atoms with Crippen LogP contribution >= 0.6 is 0 Å². The van der Waals surface area contributed by atoms with Crippen molar-refractivity contribution in [3.05, 3.63) is 30.2 Å². The Labute approximate surface area is 95.1 Å². The molecule has 2 rings (SSSR count). The first-order chi connectivity index (χ1) is 7.72. The summed E-state index contributed by atoms with van der Waals surface area (Å²) in [5, 5.41) is 0. The van der Waals surface area contributed by atoms with E-state index in [1.54, 1.807) is 12.4 Å². The lowest BCUT2D eigenvalue weighted by Gasteiger charge is -2.08. The first-order valence-corrected chi connectivity index (χ1v) is 5.46. The summed E-state index contributed by atoms with van der Waals surface area (Å²) >= 11 is 0. The Balaban J connectivity index is 2.49. The predicted octanol–water partition coefficient (Wildman–Crippen LogP) is 2.25. The molecule has 0 aliphatic heterocycles. The number of pyridine rings is 1. The largest absolute Gasteiger partial charge is 0.383 e. The van der Waals surface area contributed by atoms with E-state index < -0.39 is 0 Å². The van der Waals surface area contributed by atoms with Gasteiger partial charge in [0, 0.05) is 25.1 Å². The summed E-state index contributed by atoms with van der Waals surface area (Å²) in [5.41, 5.74) is 7.89. The third-order valence-corrected chi connectivity index (χ3v) is 2.48. The molecule has 0 aliphatic rings. The molecule has 0 unspecified atom stereocenters. The van der Waals surface area contributed by atoms with Crippen molar-refractivity contribution in [1.82, 2.24) is 14.5 Å². The second-order valence-corrected chi connectivity index (χ2v) is 3.89. The van der Waals surface area contributed by atoms with E-state index in [4.69, 9.17) is 5.73 Å². The van der Waals surface area contributed by atoms with Gasteiger partial charge in [-0.1, -0.05) is 6.92 Å². The van der Waals surface area contributed by atoms with Gasteiger partial charge in [0.05, 0.1) is 5.56 Å². The molecule has 0 aromatic carbocycles. The molecule has 0 amide bonds. The number of nitrogens with two attached hydrogens (primary N) is 1. The lowest BCUT2D eigenvalue weighted by atomic mass is 10.2. The second kappa shape index (κ2) is 4.35. The molecule has 4 heteroatoms. The van der Waals surface area contributed by atoms with Gasteiger partial charge in [-0.25, -0.2) is 9.97 Å². The standard InChI is InChI=1S/C12H16N4/c1-3-5-16-6-4-14-12(16)10-7-9(2)8-15-11(10)13/h4,6-8H,3,5H2,1-2H3,(H2,13,15). The molecule has 2 heterocycles. The van der Waals surface area contributed by atoms with Crippen LogP contribution in [0.3, 0.4) is 0 Å². The van der Waals surface area contributed by atoms with Crippen LogP contribution in [0.4, 0.5) is 5.82 Å². The molecule has 0 fully saturated rings. The van der Waals surface area contributed by atoms with Crippen LogP contribution in [0.25, 0.3) is 11.4 Å². The van der Waals surface area contributed by atoms with Gasteiger partial charge in [-0.15, -0.1) is 0 Å². The van der Waals surface area contributed by atoms with Crippen LogP contribution in [0.15, 0.2) is 24.7 Å². The van der Waals surface area contributed by atoms with Gasteiger partial charge in [0.2, 0.25) is 0 Å². The summed E-state index contributed by atoms with van der Waals surface area (Å²) in [6.45, 7) is 5.09. The quantitative estimate of drug-likeness (QED) is 0.856. The Kier molecular flexibility index (Phi) is 2.90. The number of imidazole rings is 1. The van der Waals surface area contributed by atoms with Gasteiger partial charge in [0.25, 0.3) is 0 Å². The van der Waals surface area contributed by atoms with Crippen molar-refractivity contribution >= 4 is 5.82 Å². The summed E-state index contributed by atoms with van der Waals surface area (Å²) < 4.78 is 2.10. The van der Waals surface area contributed by atoms with Gasteiger partial charge >= 0.3 is 0 Å². The Hall–Kier alpha value is -1.84. The molecule has 2 N–H and O–H groups in total. The zero-order chi connectivity index (χ0) is 11.5. The van der Waals surface area contributed by atoms with Gasteiger partial charge in [0.1, 0.15) is 11.6 Å². The molecule has 2 aromatic rings. The van der Waals surface area contributed by atoms with E-state index in [0.717, 1.165) is 29.9 Å². The topological polar surface area (TPSA) is 56.7 Å². The van der Waals surface area contributed by atoms with E-state index in [1.165, 1.54) is 0 Å². The molecular weight excluding hydrogens is 200 g/mol. The molecule has 16 heavy (non-hydrogen) atoms. The number of aromatic nitrogens is 3. The summed E-state index contributed by atoms with van der Waals surface area (Å²) in [7, 11) is 0. The number of hydrogen-bond acceptors (Lipinski definition) is 3. The molecule has 0 aliphatic carbocycles. The maximum absolute atomic E-state index is 5.88. The molecule has 0 radical (unpaired) electrons. The van der Waals surface area contributed by atoms with E-state index in [0.29, 0.717) is 5.82 Å². The number of anilines is 1. The van der Waals surface area contributed by atoms with Crippen LogP contribution in [0.2, 0.25) is 0 Å². The molecule has 0 bridgehead atoms. The normalized spacial score (nSPS) is 10.6. The Bertz CT molecular complexity index is 488. The fourth-order valence-corrected chi connectivity index (χ4v) is 1.73. The third kappa shape index (κ3) is 1.91. The van der Waals surface area contributed by atoms with Gasteiger partial charge in [-0.2, -0.15) is 0 Å². The highest BCUT2D eigenvalue weighted by molar-refractivity contribution is 5.69. The van der Waals surface area contributed by atoms with Gasteiger partial charge in [-0.3, -0.25) is 0 Å². The van der Waals surface area contributed by atoms with Crippen molar-refractivity contribution in [2.24, 2.45) is 0 Å². The smallest absolute Gasteiger partial charge is 0.143 e. The van der Waals surface area contributed by atoms with Crippen LogP contribution < -0.4 is 5.73 Å². The summed E-state index contributed by atoms with van der Waals surface area (Å²) in [6.07, 6.45) is 6.61. The fraction of sp³-hybridized carbons (Fsp3) is 0.333. The Morgan fingerprint density at radius 2 is 2.19 bits per heavy atom. The molecule has 0 spiro atoms. The third-order valence-electron chi connectivity index (χ3n) is 2.48. The molecule has 0 saturated heterocycles. The number of nitrogens with zero attached hydrogens (tertiary/aromatic N) is 3. The second-order valence-electron chi connectivity index (χ2n) is 3.89. The Morgan fingerprint density at radius 3 is 2.94 bits per heavy atom. The lowest BCUT2D eigenvalue weighted by molar-refractivity contribution is 0.685. The van der Waals surface area contributed by atoms with Crippen molar-refractivity contribution in [2.75, 3.05) is 5.73 Å². The van der Waals surface area contributed by atoms with Crippen molar-refractivity contribution in [2.45, 2.75) is 26.8 Å². The zero-order valence-electron chi connectivity index (χ0n) is 9.64. The number of nitrogen functional groups attached to an aromatic ring is 1. The fourth-order valence-electron chi connectivity index (χ4n) is 1.73. The van der Waals surface area contributed by atoms with E-state index in [1.807, 2.05) is 19.2 Å². The van der Waals surface area contributed by atoms with Crippen molar-refractivity contribution in [1.29, 1.82) is 0 Å². The van der Waals surface area contributed by atoms with Crippen molar-refractivity contribution in [3.63, 3.8) is 0 Å². The molecule has 0 atom stereocenters. The molecular formula is C12H16N4. The molecule has 84 valence electrons. The van der Waals surface area contributed by atoms with Crippen LogP contribution in [0.5, 0.6) is 0 Å². The number of rotatable bonds is 3.